The van der Waals surface area contributed by atoms with Crippen molar-refractivity contribution in [3.05, 3.63) is 35.1 Å². The first kappa shape index (κ1) is 17.7. The quantitative estimate of drug-likeness (QED) is 0.689. The van der Waals surface area contributed by atoms with Gasteiger partial charge < -0.3 is 10.5 Å². The standard InChI is InChI=1S/C12H14F3NO2.ClH/c1-12(2,11(17)18-3)10(16)7-4-6(13)5-8(14)9(7)15;/h4-5,10H,16H2,1-3H3;1H/t10-;/m0./s1. The largest absolute Gasteiger partial charge is 0.469 e. The summed E-state index contributed by atoms with van der Waals surface area (Å²) < 4.78 is 44.2. The molecule has 1 rings (SSSR count). The van der Waals surface area contributed by atoms with Crippen molar-refractivity contribution >= 4 is 18.4 Å². The Balaban J connectivity index is 0.00000324. The molecule has 1 aromatic rings. The van der Waals surface area contributed by atoms with Crippen molar-refractivity contribution in [3.63, 3.8) is 0 Å². The Morgan fingerprint density at radius 2 is 1.84 bits per heavy atom. The number of ether oxygens (including phenoxy) is 1. The monoisotopic (exact) mass is 297 g/mol. The van der Waals surface area contributed by atoms with Gasteiger partial charge in [-0.15, -0.1) is 12.4 Å². The van der Waals surface area contributed by atoms with Gasteiger partial charge in [0, 0.05) is 17.7 Å². The van der Waals surface area contributed by atoms with E-state index in [1.165, 1.54) is 13.8 Å². The second kappa shape index (κ2) is 6.25. The van der Waals surface area contributed by atoms with Gasteiger partial charge in [0.15, 0.2) is 11.6 Å². The van der Waals surface area contributed by atoms with E-state index >= 15 is 0 Å². The van der Waals surface area contributed by atoms with E-state index in [4.69, 9.17) is 5.73 Å². The van der Waals surface area contributed by atoms with Crippen molar-refractivity contribution in [3.8, 4) is 0 Å². The van der Waals surface area contributed by atoms with Gasteiger partial charge in [-0.1, -0.05) is 0 Å². The number of hydrogen-bond acceptors (Lipinski definition) is 3. The van der Waals surface area contributed by atoms with Crippen LogP contribution in [0.3, 0.4) is 0 Å². The zero-order chi connectivity index (χ0) is 14.1. The van der Waals surface area contributed by atoms with Gasteiger partial charge in [-0.05, 0) is 19.9 Å². The lowest BCUT2D eigenvalue weighted by Crippen LogP contribution is -2.38. The van der Waals surface area contributed by atoms with Crippen LogP contribution in [-0.2, 0) is 9.53 Å². The summed E-state index contributed by atoms with van der Waals surface area (Å²) in [6.07, 6.45) is 0. The number of esters is 1. The van der Waals surface area contributed by atoms with Gasteiger partial charge in [-0.3, -0.25) is 4.79 Å². The van der Waals surface area contributed by atoms with Gasteiger partial charge in [-0.25, -0.2) is 13.2 Å². The zero-order valence-corrected chi connectivity index (χ0v) is 11.5. The Morgan fingerprint density at radius 3 is 2.32 bits per heavy atom. The van der Waals surface area contributed by atoms with Crippen LogP contribution in [0, 0.1) is 22.9 Å². The maximum absolute atomic E-state index is 13.6. The minimum Gasteiger partial charge on any atom is -0.469 e. The number of benzene rings is 1. The molecule has 0 unspecified atom stereocenters. The first-order valence-electron chi connectivity index (χ1n) is 5.20. The molecule has 0 saturated heterocycles. The normalized spacial score (nSPS) is 12.6. The third-order valence-corrected chi connectivity index (χ3v) is 2.85. The minimum atomic E-state index is -1.35. The Kier molecular flexibility index (Phi) is 5.83. The summed E-state index contributed by atoms with van der Waals surface area (Å²) in [6.45, 7) is 2.82. The van der Waals surface area contributed by atoms with Crippen LogP contribution in [0.4, 0.5) is 13.2 Å². The third kappa shape index (κ3) is 3.39. The van der Waals surface area contributed by atoms with Crippen LogP contribution in [-0.4, -0.2) is 13.1 Å². The van der Waals surface area contributed by atoms with Crippen LogP contribution in [0.15, 0.2) is 12.1 Å². The molecule has 1 aromatic carbocycles. The Morgan fingerprint density at radius 1 is 1.32 bits per heavy atom. The van der Waals surface area contributed by atoms with Crippen molar-refractivity contribution in [2.75, 3.05) is 7.11 Å². The summed E-state index contributed by atoms with van der Waals surface area (Å²) in [5.41, 5.74) is 4.00. The molecule has 0 heterocycles. The van der Waals surface area contributed by atoms with Crippen molar-refractivity contribution < 1.29 is 22.7 Å². The fourth-order valence-corrected chi connectivity index (χ4v) is 1.58. The average Bonchev–Trinajstić information content (AvgIpc) is 2.31. The molecular weight excluding hydrogens is 283 g/mol. The summed E-state index contributed by atoms with van der Waals surface area (Å²) in [5.74, 6) is -4.26. The van der Waals surface area contributed by atoms with Crippen LogP contribution < -0.4 is 5.73 Å². The van der Waals surface area contributed by atoms with Crippen LogP contribution in [0.25, 0.3) is 0 Å². The number of hydrogen-bond donors (Lipinski definition) is 1. The van der Waals surface area contributed by atoms with E-state index in [1.54, 1.807) is 0 Å². The number of carbonyl (C=O) groups excluding carboxylic acids is 1. The summed E-state index contributed by atoms with van der Waals surface area (Å²) in [4.78, 5) is 11.5. The lowest BCUT2D eigenvalue weighted by Gasteiger charge is -2.29. The van der Waals surface area contributed by atoms with E-state index in [-0.39, 0.29) is 12.4 Å². The van der Waals surface area contributed by atoms with Crippen molar-refractivity contribution in [2.45, 2.75) is 19.9 Å². The van der Waals surface area contributed by atoms with Gasteiger partial charge in [-0.2, -0.15) is 0 Å². The summed E-state index contributed by atoms with van der Waals surface area (Å²) >= 11 is 0. The van der Waals surface area contributed by atoms with Crippen molar-refractivity contribution in [1.29, 1.82) is 0 Å². The van der Waals surface area contributed by atoms with Gasteiger partial charge in [0.1, 0.15) is 5.82 Å². The molecule has 0 aromatic heterocycles. The van der Waals surface area contributed by atoms with E-state index in [0.717, 1.165) is 13.2 Å². The van der Waals surface area contributed by atoms with E-state index in [1.807, 2.05) is 0 Å². The first-order chi connectivity index (χ1) is 8.21. The van der Waals surface area contributed by atoms with Gasteiger partial charge in [0.05, 0.1) is 12.5 Å². The average molecular weight is 298 g/mol. The summed E-state index contributed by atoms with van der Waals surface area (Å²) in [7, 11) is 1.15. The second-order valence-electron chi connectivity index (χ2n) is 4.48. The van der Waals surface area contributed by atoms with Crippen LogP contribution in [0.1, 0.15) is 25.5 Å². The van der Waals surface area contributed by atoms with Gasteiger partial charge in [0.2, 0.25) is 0 Å². The van der Waals surface area contributed by atoms with E-state index < -0.39 is 40.4 Å². The van der Waals surface area contributed by atoms with Crippen molar-refractivity contribution in [2.24, 2.45) is 11.1 Å². The zero-order valence-electron chi connectivity index (χ0n) is 10.7. The molecule has 2 N–H and O–H groups in total. The molecule has 0 radical (unpaired) electrons. The Labute approximate surface area is 115 Å². The van der Waals surface area contributed by atoms with E-state index in [2.05, 4.69) is 4.74 Å². The molecule has 0 amide bonds. The highest BCUT2D eigenvalue weighted by molar-refractivity contribution is 5.85. The van der Waals surface area contributed by atoms with Crippen LogP contribution in [0.5, 0.6) is 0 Å². The summed E-state index contributed by atoms with van der Waals surface area (Å²) in [6, 6.07) is -0.0417. The number of methoxy groups -OCH3 is 1. The van der Waals surface area contributed by atoms with Crippen LogP contribution in [0.2, 0.25) is 0 Å². The predicted molar refractivity (Wildman–Crippen MR) is 66.3 cm³/mol. The molecular formula is C12H15ClF3NO2. The van der Waals surface area contributed by atoms with Gasteiger partial charge in [0.25, 0.3) is 0 Å². The molecule has 0 spiro atoms. The van der Waals surface area contributed by atoms with E-state index in [0.29, 0.717) is 6.07 Å². The highest BCUT2D eigenvalue weighted by Crippen LogP contribution is 2.34. The van der Waals surface area contributed by atoms with Crippen molar-refractivity contribution in [1.82, 2.24) is 0 Å². The molecule has 0 aliphatic carbocycles. The third-order valence-electron chi connectivity index (χ3n) is 2.85. The smallest absolute Gasteiger partial charge is 0.313 e. The number of halogens is 4. The van der Waals surface area contributed by atoms with E-state index in [9.17, 15) is 18.0 Å². The molecule has 3 nitrogen and oxygen atoms in total. The first-order valence-corrected chi connectivity index (χ1v) is 5.20. The molecule has 0 aliphatic rings. The number of nitrogens with two attached hydrogens (primary N) is 1. The Hall–Kier alpha value is -1.27. The maximum Gasteiger partial charge on any atom is 0.313 e. The molecule has 7 heteroatoms. The second-order valence-corrected chi connectivity index (χ2v) is 4.48. The number of carbonyl (C=O) groups is 1. The highest BCUT2D eigenvalue weighted by Gasteiger charge is 2.38. The number of rotatable bonds is 3. The van der Waals surface area contributed by atoms with Gasteiger partial charge >= 0.3 is 5.97 Å². The topological polar surface area (TPSA) is 52.3 Å². The van der Waals surface area contributed by atoms with Crippen LogP contribution >= 0.6 is 12.4 Å². The fraction of sp³-hybridized carbons (Fsp3) is 0.417. The highest BCUT2D eigenvalue weighted by atomic mass is 35.5. The molecule has 0 saturated carbocycles. The SMILES string of the molecule is COC(=O)C(C)(C)[C@@H](N)c1cc(F)cc(F)c1F.Cl. The Bertz CT molecular complexity index is 480. The molecule has 108 valence electrons. The maximum atomic E-state index is 13.6. The summed E-state index contributed by atoms with van der Waals surface area (Å²) in [5, 5.41) is 0. The fourth-order valence-electron chi connectivity index (χ4n) is 1.58. The molecule has 0 bridgehead atoms. The molecule has 0 fully saturated rings. The molecule has 1 atom stereocenters. The minimum absolute atomic E-state index is 0. The lowest BCUT2D eigenvalue weighted by molar-refractivity contribution is -0.152. The molecule has 19 heavy (non-hydrogen) atoms. The molecule has 0 aliphatic heterocycles. The predicted octanol–water partition coefficient (Wildman–Crippen LogP) is 2.72. The lowest BCUT2D eigenvalue weighted by atomic mass is 9.81.